The van der Waals surface area contributed by atoms with E-state index in [1.807, 2.05) is 0 Å². The molecule has 0 amide bonds. The maximum atomic E-state index is 12.1. The van der Waals surface area contributed by atoms with Gasteiger partial charge in [-0.05, 0) is 30.3 Å². The minimum absolute atomic E-state index is 0.0911. The molecule has 3 aromatic rings. The van der Waals surface area contributed by atoms with Crippen molar-refractivity contribution < 1.29 is 13.5 Å². The van der Waals surface area contributed by atoms with Crippen molar-refractivity contribution in [3.63, 3.8) is 0 Å². The molecule has 3 rings (SSSR count). The van der Waals surface area contributed by atoms with E-state index >= 15 is 0 Å². The lowest BCUT2D eigenvalue weighted by Gasteiger charge is -2.08. The minimum atomic E-state index is -2.84. The van der Waals surface area contributed by atoms with Crippen molar-refractivity contribution in [1.82, 2.24) is 14.5 Å². The second-order valence-corrected chi connectivity index (χ2v) is 4.04. The van der Waals surface area contributed by atoms with E-state index in [-0.39, 0.29) is 5.75 Å². The molecule has 0 atom stereocenters. The second-order valence-electron chi connectivity index (χ2n) is 4.04. The Balaban J connectivity index is 2.05. The zero-order chi connectivity index (χ0) is 14.1. The van der Waals surface area contributed by atoms with Gasteiger partial charge in [-0.15, -0.1) is 0 Å². The fraction of sp³-hybridized carbons (Fsp3) is 0.0769. The van der Waals surface area contributed by atoms with Gasteiger partial charge in [0.25, 0.3) is 0 Å². The van der Waals surface area contributed by atoms with Crippen molar-refractivity contribution in [3.8, 4) is 11.4 Å². The molecule has 2 heterocycles. The number of aromatic nitrogens is 3. The highest BCUT2D eigenvalue weighted by molar-refractivity contribution is 5.79. The van der Waals surface area contributed by atoms with Gasteiger partial charge in [-0.1, -0.05) is 0 Å². The van der Waals surface area contributed by atoms with Crippen LogP contribution in [0.1, 0.15) is 0 Å². The third kappa shape index (κ3) is 2.13. The van der Waals surface area contributed by atoms with Gasteiger partial charge in [0.05, 0.1) is 11.7 Å². The lowest BCUT2D eigenvalue weighted by Crippen LogP contribution is -2.03. The van der Waals surface area contributed by atoms with Crippen LogP contribution >= 0.6 is 0 Å². The number of alkyl halides is 2. The summed E-state index contributed by atoms with van der Waals surface area (Å²) in [4.78, 5) is 8.16. The van der Waals surface area contributed by atoms with E-state index in [0.717, 1.165) is 5.52 Å². The number of halogens is 2. The van der Waals surface area contributed by atoms with Gasteiger partial charge in [0.15, 0.2) is 0 Å². The third-order valence-electron chi connectivity index (χ3n) is 2.80. The molecule has 2 N–H and O–H groups in total. The Labute approximate surface area is 112 Å². The topological polar surface area (TPSA) is 66.0 Å². The molecule has 7 heteroatoms. The minimum Gasteiger partial charge on any atom is -0.435 e. The monoisotopic (exact) mass is 276 g/mol. The van der Waals surface area contributed by atoms with Crippen molar-refractivity contribution in [1.29, 1.82) is 0 Å². The maximum absolute atomic E-state index is 12.1. The number of nitrogens with zero attached hydrogens (tertiary/aromatic N) is 3. The van der Waals surface area contributed by atoms with Gasteiger partial charge < -0.3 is 10.5 Å². The smallest absolute Gasteiger partial charge is 0.387 e. The number of pyridine rings is 1. The van der Waals surface area contributed by atoms with Crippen molar-refractivity contribution in [3.05, 3.63) is 42.7 Å². The summed E-state index contributed by atoms with van der Waals surface area (Å²) in [7, 11) is 0. The second kappa shape index (κ2) is 4.76. The molecule has 0 fully saturated rings. The quantitative estimate of drug-likeness (QED) is 0.798. The van der Waals surface area contributed by atoms with Crippen LogP contribution in [-0.4, -0.2) is 21.1 Å². The first kappa shape index (κ1) is 12.3. The van der Waals surface area contributed by atoms with E-state index in [4.69, 9.17) is 5.73 Å². The number of ether oxygens (including phenoxy) is 1. The summed E-state index contributed by atoms with van der Waals surface area (Å²) < 4.78 is 30.2. The van der Waals surface area contributed by atoms with Gasteiger partial charge in [0, 0.05) is 11.9 Å². The molecule has 2 aromatic heterocycles. The Bertz CT molecular complexity index is 740. The molecular weight excluding hydrogens is 266 g/mol. The van der Waals surface area contributed by atoms with Crippen molar-refractivity contribution in [2.45, 2.75) is 6.61 Å². The van der Waals surface area contributed by atoms with Crippen molar-refractivity contribution >= 4 is 17.0 Å². The van der Waals surface area contributed by atoms with Crippen LogP contribution in [0.4, 0.5) is 14.7 Å². The molecule has 0 radical (unpaired) electrons. The van der Waals surface area contributed by atoms with Crippen LogP contribution < -0.4 is 10.5 Å². The SMILES string of the molecule is Nc1nc2cnccc2n1-c1ccc(OC(F)F)cc1. The first-order valence-electron chi connectivity index (χ1n) is 5.78. The van der Waals surface area contributed by atoms with E-state index in [2.05, 4.69) is 14.7 Å². The number of nitrogen functional groups attached to an aromatic ring is 1. The molecule has 20 heavy (non-hydrogen) atoms. The number of benzene rings is 1. The van der Waals surface area contributed by atoms with Crippen molar-refractivity contribution in [2.24, 2.45) is 0 Å². The molecule has 0 bridgehead atoms. The van der Waals surface area contributed by atoms with Crippen LogP contribution in [0.2, 0.25) is 0 Å². The van der Waals surface area contributed by atoms with Crippen LogP contribution in [0.3, 0.4) is 0 Å². The Hall–Kier alpha value is -2.70. The molecule has 0 aliphatic rings. The number of imidazole rings is 1. The number of hydrogen-bond acceptors (Lipinski definition) is 4. The van der Waals surface area contributed by atoms with Gasteiger partial charge in [-0.2, -0.15) is 8.78 Å². The van der Waals surface area contributed by atoms with E-state index in [9.17, 15) is 8.78 Å². The highest BCUT2D eigenvalue weighted by Gasteiger charge is 2.10. The van der Waals surface area contributed by atoms with Crippen molar-refractivity contribution in [2.75, 3.05) is 5.73 Å². The molecule has 1 aromatic carbocycles. The zero-order valence-corrected chi connectivity index (χ0v) is 10.2. The Morgan fingerprint density at radius 1 is 1.15 bits per heavy atom. The largest absolute Gasteiger partial charge is 0.435 e. The zero-order valence-electron chi connectivity index (χ0n) is 10.2. The van der Waals surface area contributed by atoms with E-state index < -0.39 is 6.61 Å². The molecule has 0 spiro atoms. The first-order valence-corrected chi connectivity index (χ1v) is 5.78. The number of anilines is 1. The Morgan fingerprint density at radius 3 is 2.60 bits per heavy atom. The molecule has 5 nitrogen and oxygen atoms in total. The van der Waals surface area contributed by atoms with Gasteiger partial charge in [-0.25, -0.2) is 4.98 Å². The van der Waals surface area contributed by atoms with Crippen LogP contribution in [-0.2, 0) is 0 Å². The van der Waals surface area contributed by atoms with Crippen LogP contribution in [0, 0.1) is 0 Å². The summed E-state index contributed by atoms with van der Waals surface area (Å²) >= 11 is 0. The van der Waals surface area contributed by atoms with Gasteiger partial charge in [-0.3, -0.25) is 9.55 Å². The fourth-order valence-corrected chi connectivity index (χ4v) is 2.00. The highest BCUT2D eigenvalue weighted by Crippen LogP contribution is 2.24. The fourth-order valence-electron chi connectivity index (χ4n) is 2.00. The number of fused-ring (bicyclic) bond motifs is 1. The summed E-state index contributed by atoms with van der Waals surface area (Å²) in [5.74, 6) is 0.393. The third-order valence-corrected chi connectivity index (χ3v) is 2.80. The number of rotatable bonds is 3. The van der Waals surface area contributed by atoms with E-state index in [0.29, 0.717) is 17.2 Å². The number of nitrogens with two attached hydrogens (primary N) is 1. The predicted molar refractivity (Wildman–Crippen MR) is 69.9 cm³/mol. The van der Waals surface area contributed by atoms with E-state index in [1.165, 1.54) is 12.1 Å². The van der Waals surface area contributed by atoms with Crippen LogP contribution in [0.25, 0.3) is 16.7 Å². The summed E-state index contributed by atoms with van der Waals surface area (Å²) in [5, 5.41) is 0. The van der Waals surface area contributed by atoms with E-state index in [1.54, 1.807) is 35.2 Å². The lowest BCUT2D eigenvalue weighted by molar-refractivity contribution is -0.0498. The highest BCUT2D eigenvalue weighted by atomic mass is 19.3. The summed E-state index contributed by atoms with van der Waals surface area (Å²) in [5.41, 5.74) is 8.04. The standard InChI is InChI=1S/C13H10F2N4O/c14-12(15)20-9-3-1-8(2-4-9)19-11-5-6-17-7-10(11)18-13(19)16/h1-7,12H,(H2,16,18). The number of hydrogen-bond donors (Lipinski definition) is 1. The van der Waals surface area contributed by atoms with Crippen LogP contribution in [0.5, 0.6) is 5.75 Å². The Morgan fingerprint density at radius 2 is 1.90 bits per heavy atom. The average Bonchev–Trinajstić information content (AvgIpc) is 2.75. The average molecular weight is 276 g/mol. The molecule has 0 saturated heterocycles. The predicted octanol–water partition coefficient (Wildman–Crippen LogP) is 2.60. The normalized spacial score (nSPS) is 11.2. The lowest BCUT2D eigenvalue weighted by atomic mass is 10.3. The van der Waals surface area contributed by atoms with Gasteiger partial charge in [0.2, 0.25) is 5.95 Å². The molecule has 0 saturated carbocycles. The van der Waals surface area contributed by atoms with Gasteiger partial charge >= 0.3 is 6.61 Å². The molecule has 0 aliphatic carbocycles. The summed E-state index contributed by atoms with van der Waals surface area (Å²) in [6.07, 6.45) is 3.24. The Kier molecular flexibility index (Phi) is 2.94. The molecule has 0 unspecified atom stereocenters. The molecular formula is C13H10F2N4O. The maximum Gasteiger partial charge on any atom is 0.387 e. The van der Waals surface area contributed by atoms with Gasteiger partial charge in [0.1, 0.15) is 11.3 Å². The summed E-state index contributed by atoms with van der Waals surface area (Å²) in [6.45, 7) is -2.84. The molecule has 0 aliphatic heterocycles. The summed E-state index contributed by atoms with van der Waals surface area (Å²) in [6, 6.07) is 7.95. The molecule has 102 valence electrons. The first-order chi connectivity index (χ1) is 9.65. The van der Waals surface area contributed by atoms with Crippen LogP contribution in [0.15, 0.2) is 42.7 Å².